The lowest BCUT2D eigenvalue weighted by molar-refractivity contribution is 0.0697. The van der Waals surface area contributed by atoms with E-state index in [0.29, 0.717) is 24.0 Å². The second kappa shape index (κ2) is 12.2. The minimum atomic E-state index is -0.983. The molecule has 1 saturated heterocycles. The monoisotopic (exact) mass is 501 g/mol. The number of ether oxygens (including phenoxy) is 1. The summed E-state index contributed by atoms with van der Waals surface area (Å²) in [7, 11) is 3.35. The van der Waals surface area contributed by atoms with Crippen LogP contribution >= 0.6 is 0 Å². The standard InChI is InChI=1S/C13H17F2NO.C12H12N4O3/c1-17-7-6-16-5-4-11(9-16)10-2-3-12(14)13(15)8-10;1-16-10(14-12(13)19)6-9(15-16)7-2-4-8(5-3-7)11(17)18/h2-3,8,11H,4-7,9H2,1H3;2-6H,1H3,(H,17,18)(H3,13,14,19). The topological polar surface area (TPSA) is 123 Å². The molecule has 11 heteroatoms. The van der Waals surface area contributed by atoms with Gasteiger partial charge in [0.1, 0.15) is 5.82 Å². The molecule has 0 aliphatic carbocycles. The number of methoxy groups -OCH3 is 1. The highest BCUT2D eigenvalue weighted by Crippen LogP contribution is 2.28. The number of carbonyl (C=O) groups excluding carboxylic acids is 1. The summed E-state index contributed by atoms with van der Waals surface area (Å²) in [5.74, 6) is -1.74. The van der Waals surface area contributed by atoms with Crippen LogP contribution < -0.4 is 11.1 Å². The van der Waals surface area contributed by atoms with E-state index in [4.69, 9.17) is 15.6 Å². The fourth-order valence-electron chi connectivity index (χ4n) is 3.93. The predicted molar refractivity (Wildman–Crippen MR) is 131 cm³/mol. The van der Waals surface area contributed by atoms with E-state index in [0.717, 1.165) is 37.2 Å². The summed E-state index contributed by atoms with van der Waals surface area (Å²) in [5.41, 5.74) is 7.50. The van der Waals surface area contributed by atoms with E-state index in [1.165, 1.54) is 28.9 Å². The van der Waals surface area contributed by atoms with E-state index in [-0.39, 0.29) is 5.56 Å². The third kappa shape index (κ3) is 7.09. The molecule has 3 aromatic rings. The van der Waals surface area contributed by atoms with Crippen LogP contribution in [0.1, 0.15) is 28.3 Å². The zero-order valence-electron chi connectivity index (χ0n) is 20.1. The van der Waals surface area contributed by atoms with Crippen molar-refractivity contribution in [3.8, 4) is 11.3 Å². The number of aromatic nitrogens is 2. The highest BCUT2D eigenvalue weighted by Gasteiger charge is 2.24. The first-order valence-corrected chi connectivity index (χ1v) is 11.3. The summed E-state index contributed by atoms with van der Waals surface area (Å²) < 4.78 is 32.5. The van der Waals surface area contributed by atoms with E-state index < -0.39 is 23.6 Å². The Kier molecular flexibility index (Phi) is 9.09. The molecule has 0 spiro atoms. The summed E-state index contributed by atoms with van der Waals surface area (Å²) in [6.07, 6.45) is 0.995. The molecular formula is C25H29F2N5O4. The molecule has 36 heavy (non-hydrogen) atoms. The van der Waals surface area contributed by atoms with Crippen LogP contribution in [0.25, 0.3) is 11.3 Å². The number of primary amides is 1. The number of likely N-dealkylation sites (tertiary alicyclic amines) is 1. The van der Waals surface area contributed by atoms with Crippen LogP contribution in [0.5, 0.6) is 0 Å². The van der Waals surface area contributed by atoms with Crippen molar-refractivity contribution in [1.29, 1.82) is 0 Å². The molecule has 2 aromatic carbocycles. The van der Waals surface area contributed by atoms with Gasteiger partial charge < -0.3 is 20.5 Å². The number of hydrogen-bond donors (Lipinski definition) is 3. The van der Waals surface area contributed by atoms with E-state index in [9.17, 15) is 18.4 Å². The number of anilines is 1. The van der Waals surface area contributed by atoms with Crippen molar-refractivity contribution in [2.45, 2.75) is 12.3 Å². The lowest BCUT2D eigenvalue weighted by Crippen LogP contribution is -2.24. The molecule has 1 fully saturated rings. The Bertz CT molecular complexity index is 1200. The molecule has 1 unspecified atom stereocenters. The molecule has 4 rings (SSSR count). The van der Waals surface area contributed by atoms with Crippen molar-refractivity contribution in [2.75, 3.05) is 38.7 Å². The van der Waals surface area contributed by atoms with Gasteiger partial charge in [0.15, 0.2) is 11.6 Å². The van der Waals surface area contributed by atoms with Crippen molar-refractivity contribution in [1.82, 2.24) is 14.7 Å². The number of benzene rings is 2. The third-order valence-corrected chi connectivity index (χ3v) is 5.86. The molecular weight excluding hydrogens is 472 g/mol. The number of nitrogens with one attached hydrogen (secondary N) is 1. The van der Waals surface area contributed by atoms with Crippen LogP contribution in [0.3, 0.4) is 0 Å². The van der Waals surface area contributed by atoms with E-state index >= 15 is 0 Å². The van der Waals surface area contributed by atoms with E-state index in [1.807, 2.05) is 0 Å². The molecule has 0 bridgehead atoms. The maximum Gasteiger partial charge on any atom is 0.335 e. The van der Waals surface area contributed by atoms with Gasteiger partial charge in [-0.3, -0.25) is 10.00 Å². The van der Waals surface area contributed by atoms with Gasteiger partial charge >= 0.3 is 12.0 Å². The first kappa shape index (κ1) is 26.8. The Morgan fingerprint density at radius 3 is 2.50 bits per heavy atom. The number of aryl methyl sites for hydroxylation is 1. The van der Waals surface area contributed by atoms with Crippen LogP contribution in [0, 0.1) is 11.6 Å². The van der Waals surface area contributed by atoms with Gasteiger partial charge in [0.25, 0.3) is 0 Å². The van der Waals surface area contributed by atoms with E-state index in [2.05, 4.69) is 15.3 Å². The number of hydrogen-bond acceptors (Lipinski definition) is 5. The average molecular weight is 502 g/mol. The number of carbonyl (C=O) groups is 2. The van der Waals surface area contributed by atoms with Gasteiger partial charge in [-0.15, -0.1) is 0 Å². The van der Waals surface area contributed by atoms with Crippen molar-refractivity contribution < 1.29 is 28.2 Å². The second-order valence-electron chi connectivity index (χ2n) is 8.36. The normalized spacial score (nSPS) is 15.3. The summed E-state index contributed by atoms with van der Waals surface area (Å²) in [5, 5.41) is 15.5. The number of amides is 2. The lowest BCUT2D eigenvalue weighted by atomic mass is 9.98. The smallest absolute Gasteiger partial charge is 0.335 e. The van der Waals surface area contributed by atoms with Crippen LogP contribution in [0.15, 0.2) is 48.5 Å². The quantitative estimate of drug-likeness (QED) is 0.454. The number of nitrogens with two attached hydrogens (primary N) is 1. The highest BCUT2D eigenvalue weighted by atomic mass is 19.2. The van der Waals surface area contributed by atoms with Gasteiger partial charge in [-0.1, -0.05) is 18.2 Å². The number of urea groups is 1. The molecule has 1 aromatic heterocycles. The van der Waals surface area contributed by atoms with Gasteiger partial charge in [-0.05, 0) is 48.7 Å². The molecule has 192 valence electrons. The zero-order valence-corrected chi connectivity index (χ0v) is 20.1. The third-order valence-electron chi connectivity index (χ3n) is 5.86. The number of rotatable bonds is 7. The van der Waals surface area contributed by atoms with Crippen molar-refractivity contribution >= 4 is 17.8 Å². The zero-order chi connectivity index (χ0) is 26.2. The minimum Gasteiger partial charge on any atom is -0.478 e. The van der Waals surface area contributed by atoms with Crippen LogP contribution in [0.2, 0.25) is 0 Å². The Hall–Kier alpha value is -3.83. The van der Waals surface area contributed by atoms with Crippen LogP contribution in [0.4, 0.5) is 19.4 Å². The Morgan fingerprint density at radius 2 is 1.89 bits per heavy atom. The average Bonchev–Trinajstić information content (AvgIpc) is 3.46. The van der Waals surface area contributed by atoms with Gasteiger partial charge in [0.05, 0.1) is 17.9 Å². The molecule has 2 amide bonds. The largest absolute Gasteiger partial charge is 0.478 e. The number of aromatic carboxylic acids is 1. The second-order valence-corrected chi connectivity index (χ2v) is 8.36. The van der Waals surface area contributed by atoms with Crippen molar-refractivity contribution in [3.05, 3.63) is 71.3 Å². The molecule has 1 aliphatic rings. The molecule has 2 heterocycles. The number of halogens is 2. The Morgan fingerprint density at radius 1 is 1.17 bits per heavy atom. The van der Waals surface area contributed by atoms with Gasteiger partial charge in [0.2, 0.25) is 0 Å². The maximum atomic E-state index is 13.1. The maximum absolute atomic E-state index is 13.1. The van der Waals surface area contributed by atoms with Gasteiger partial charge in [-0.2, -0.15) is 5.10 Å². The fraction of sp³-hybridized carbons (Fsp3) is 0.320. The van der Waals surface area contributed by atoms with Crippen molar-refractivity contribution in [3.63, 3.8) is 0 Å². The highest BCUT2D eigenvalue weighted by molar-refractivity contribution is 5.89. The first-order chi connectivity index (χ1) is 17.2. The molecule has 4 N–H and O–H groups in total. The van der Waals surface area contributed by atoms with Gasteiger partial charge in [-0.25, -0.2) is 18.4 Å². The Labute approximate surface area is 207 Å². The molecule has 0 radical (unpaired) electrons. The predicted octanol–water partition coefficient (Wildman–Crippen LogP) is 3.68. The van der Waals surface area contributed by atoms with E-state index in [1.54, 1.807) is 38.4 Å². The molecule has 1 aliphatic heterocycles. The molecule has 0 saturated carbocycles. The SMILES string of the molecule is COCCN1CCC(c2ccc(F)c(F)c2)C1.Cn1nc(-c2ccc(C(=O)O)cc2)cc1NC(N)=O. The van der Waals surface area contributed by atoms with Crippen molar-refractivity contribution in [2.24, 2.45) is 12.8 Å². The number of carboxylic acids is 1. The summed E-state index contributed by atoms with van der Waals surface area (Å²) in [6.45, 7) is 3.50. The molecule has 1 atom stereocenters. The molecule has 9 nitrogen and oxygen atoms in total. The van der Waals surface area contributed by atoms with Crippen LogP contribution in [-0.2, 0) is 11.8 Å². The summed E-state index contributed by atoms with van der Waals surface area (Å²) in [4.78, 5) is 23.8. The minimum absolute atomic E-state index is 0.204. The van der Waals surface area contributed by atoms with Crippen LogP contribution in [-0.4, -0.2) is 65.1 Å². The Balaban J connectivity index is 0.000000202. The van der Waals surface area contributed by atoms with Gasteiger partial charge in [0, 0.05) is 38.9 Å². The summed E-state index contributed by atoms with van der Waals surface area (Å²) in [6, 6.07) is 11.5. The number of nitrogens with zero attached hydrogens (tertiary/aromatic N) is 3. The number of carboxylic acid groups (broad SMARTS) is 1. The fourth-order valence-corrected chi connectivity index (χ4v) is 3.93. The first-order valence-electron chi connectivity index (χ1n) is 11.3. The summed E-state index contributed by atoms with van der Waals surface area (Å²) >= 11 is 0. The lowest BCUT2D eigenvalue weighted by Gasteiger charge is -2.15.